The molecule has 0 radical (unpaired) electrons. The minimum absolute atomic E-state index is 0.0679. The lowest BCUT2D eigenvalue weighted by Gasteiger charge is -2.34. The fraction of sp³-hybridized carbons (Fsp3) is 0.450. The predicted molar refractivity (Wildman–Crippen MR) is 110 cm³/mol. The molecule has 150 valence electrons. The summed E-state index contributed by atoms with van der Waals surface area (Å²) in [5.74, 6) is 0.523. The molecular formula is C20H26N4O3S. The Hall–Kier alpha value is -2.61. The van der Waals surface area contributed by atoms with Gasteiger partial charge in [-0.2, -0.15) is 0 Å². The van der Waals surface area contributed by atoms with E-state index in [1.54, 1.807) is 17.4 Å². The number of piperidine rings is 1. The summed E-state index contributed by atoms with van der Waals surface area (Å²) < 4.78 is 5.15. The molecule has 2 heterocycles. The smallest absolute Gasteiger partial charge is 0.274 e. The van der Waals surface area contributed by atoms with E-state index in [1.807, 2.05) is 31.2 Å². The molecule has 1 aliphatic rings. The highest BCUT2D eigenvalue weighted by Gasteiger charge is 2.33. The molecule has 0 unspecified atom stereocenters. The van der Waals surface area contributed by atoms with Crippen LogP contribution in [0.5, 0.6) is 5.75 Å². The summed E-state index contributed by atoms with van der Waals surface area (Å²) in [7, 11) is 1.62. The lowest BCUT2D eigenvalue weighted by molar-refractivity contribution is -0.126. The van der Waals surface area contributed by atoms with Crippen LogP contribution in [-0.4, -0.2) is 47.9 Å². The molecule has 1 aliphatic heterocycles. The molecule has 2 N–H and O–H groups in total. The average Bonchev–Trinajstić information content (AvgIpc) is 3.20. The molecule has 0 aliphatic carbocycles. The Balaban J connectivity index is 1.68. The van der Waals surface area contributed by atoms with Crippen LogP contribution in [0.25, 0.3) is 0 Å². The third-order valence-electron chi connectivity index (χ3n) is 4.68. The standard InChI is InChI=1S/C20H26N4O3S/c1-3-11-21-18(25)17-6-4-5-12-24(17)19(26)16-13-28-20(23-16)22-14-7-9-15(27-2)10-8-14/h7-10,13,17H,3-6,11-12H2,1-2H3,(H,21,25)(H,22,23)/t17-/m1/s1. The summed E-state index contributed by atoms with van der Waals surface area (Å²) in [4.78, 5) is 31.5. The van der Waals surface area contributed by atoms with Crippen molar-refractivity contribution in [3.05, 3.63) is 35.3 Å². The highest BCUT2D eigenvalue weighted by atomic mass is 32.1. The Kier molecular flexibility index (Phi) is 6.86. The monoisotopic (exact) mass is 402 g/mol. The number of hydrogen-bond acceptors (Lipinski definition) is 6. The van der Waals surface area contributed by atoms with Crippen LogP contribution in [0, 0.1) is 0 Å². The van der Waals surface area contributed by atoms with Crippen LogP contribution < -0.4 is 15.4 Å². The molecule has 8 heteroatoms. The number of benzene rings is 1. The second-order valence-electron chi connectivity index (χ2n) is 6.69. The number of methoxy groups -OCH3 is 1. The number of ether oxygens (including phenoxy) is 1. The summed E-state index contributed by atoms with van der Waals surface area (Å²) in [5, 5.41) is 8.49. The number of anilines is 2. The Morgan fingerprint density at radius 2 is 2.07 bits per heavy atom. The molecule has 1 atom stereocenters. The Bertz CT molecular complexity index is 806. The maximum absolute atomic E-state index is 13.0. The molecule has 1 aromatic heterocycles. The normalized spacial score (nSPS) is 16.5. The van der Waals surface area contributed by atoms with E-state index in [4.69, 9.17) is 4.74 Å². The van der Waals surface area contributed by atoms with Crippen LogP contribution in [0.2, 0.25) is 0 Å². The van der Waals surface area contributed by atoms with Gasteiger partial charge in [-0.15, -0.1) is 11.3 Å². The molecule has 7 nitrogen and oxygen atoms in total. The summed E-state index contributed by atoms with van der Waals surface area (Å²) >= 11 is 1.37. The van der Waals surface area contributed by atoms with Crippen LogP contribution in [-0.2, 0) is 4.79 Å². The van der Waals surface area contributed by atoms with Gasteiger partial charge in [-0.05, 0) is 49.9 Å². The third kappa shape index (κ3) is 4.81. The van der Waals surface area contributed by atoms with E-state index in [9.17, 15) is 9.59 Å². The van der Waals surface area contributed by atoms with Gasteiger partial charge in [-0.3, -0.25) is 9.59 Å². The van der Waals surface area contributed by atoms with Crippen LogP contribution in [0.4, 0.5) is 10.8 Å². The van der Waals surface area contributed by atoms with Gasteiger partial charge in [0, 0.05) is 24.2 Å². The number of rotatable bonds is 7. The van der Waals surface area contributed by atoms with E-state index in [-0.39, 0.29) is 11.8 Å². The lowest BCUT2D eigenvalue weighted by atomic mass is 10.0. The molecule has 1 fully saturated rings. The van der Waals surface area contributed by atoms with Gasteiger partial charge in [0.15, 0.2) is 5.13 Å². The highest BCUT2D eigenvalue weighted by Crippen LogP contribution is 2.25. The predicted octanol–water partition coefficient (Wildman–Crippen LogP) is 3.42. The molecule has 0 saturated carbocycles. The number of nitrogens with one attached hydrogen (secondary N) is 2. The second kappa shape index (κ2) is 9.54. The molecule has 28 heavy (non-hydrogen) atoms. The Labute approximate surface area is 169 Å². The fourth-order valence-corrected chi connectivity index (χ4v) is 3.89. The number of thiazole rings is 1. The van der Waals surface area contributed by atoms with Crippen molar-refractivity contribution in [3.63, 3.8) is 0 Å². The van der Waals surface area contributed by atoms with Crippen molar-refractivity contribution in [1.82, 2.24) is 15.2 Å². The van der Waals surface area contributed by atoms with Gasteiger partial charge in [0.25, 0.3) is 5.91 Å². The number of hydrogen-bond donors (Lipinski definition) is 2. The molecule has 1 aromatic carbocycles. The second-order valence-corrected chi connectivity index (χ2v) is 7.55. The first-order valence-corrected chi connectivity index (χ1v) is 10.5. The van der Waals surface area contributed by atoms with E-state index in [0.717, 1.165) is 30.7 Å². The van der Waals surface area contributed by atoms with Crippen molar-refractivity contribution in [3.8, 4) is 5.75 Å². The largest absolute Gasteiger partial charge is 0.497 e. The molecule has 2 amide bonds. The maximum Gasteiger partial charge on any atom is 0.274 e. The quantitative estimate of drug-likeness (QED) is 0.741. The van der Waals surface area contributed by atoms with Gasteiger partial charge in [-0.1, -0.05) is 6.92 Å². The molecule has 0 spiro atoms. The number of nitrogens with zero attached hydrogens (tertiary/aromatic N) is 2. The maximum atomic E-state index is 13.0. The van der Waals surface area contributed by atoms with Gasteiger partial charge < -0.3 is 20.3 Å². The number of carbonyl (C=O) groups excluding carboxylic acids is 2. The van der Waals surface area contributed by atoms with E-state index < -0.39 is 6.04 Å². The first-order valence-electron chi connectivity index (χ1n) is 9.57. The van der Waals surface area contributed by atoms with E-state index in [0.29, 0.717) is 30.3 Å². The number of aromatic nitrogens is 1. The van der Waals surface area contributed by atoms with Crippen molar-refractivity contribution in [2.24, 2.45) is 0 Å². The minimum Gasteiger partial charge on any atom is -0.497 e. The van der Waals surface area contributed by atoms with Gasteiger partial charge in [0.05, 0.1) is 7.11 Å². The van der Waals surface area contributed by atoms with Crippen molar-refractivity contribution in [1.29, 1.82) is 0 Å². The number of likely N-dealkylation sites (tertiary alicyclic amines) is 1. The van der Waals surface area contributed by atoms with Crippen molar-refractivity contribution >= 4 is 34.0 Å². The molecule has 0 bridgehead atoms. The fourth-order valence-electron chi connectivity index (χ4n) is 3.19. The molecule has 1 saturated heterocycles. The summed E-state index contributed by atoms with van der Waals surface area (Å²) in [6.45, 7) is 3.22. The summed E-state index contributed by atoms with van der Waals surface area (Å²) in [5.41, 5.74) is 1.24. The first-order chi connectivity index (χ1) is 13.6. The van der Waals surface area contributed by atoms with Crippen molar-refractivity contribution < 1.29 is 14.3 Å². The van der Waals surface area contributed by atoms with Crippen molar-refractivity contribution in [2.75, 3.05) is 25.5 Å². The zero-order valence-electron chi connectivity index (χ0n) is 16.2. The van der Waals surface area contributed by atoms with Crippen LogP contribution >= 0.6 is 11.3 Å². The summed E-state index contributed by atoms with van der Waals surface area (Å²) in [6.07, 6.45) is 3.43. The first kappa shape index (κ1) is 20.1. The summed E-state index contributed by atoms with van der Waals surface area (Å²) in [6, 6.07) is 7.08. The van der Waals surface area contributed by atoms with Crippen molar-refractivity contribution in [2.45, 2.75) is 38.6 Å². The molecule has 2 aromatic rings. The van der Waals surface area contributed by atoms with Gasteiger partial charge in [-0.25, -0.2) is 4.98 Å². The topological polar surface area (TPSA) is 83.6 Å². The molecular weight excluding hydrogens is 376 g/mol. The van der Waals surface area contributed by atoms with Crippen LogP contribution in [0.15, 0.2) is 29.6 Å². The molecule has 3 rings (SSSR count). The number of amides is 2. The van der Waals surface area contributed by atoms with Gasteiger partial charge >= 0.3 is 0 Å². The van der Waals surface area contributed by atoms with Crippen LogP contribution in [0.3, 0.4) is 0 Å². The van der Waals surface area contributed by atoms with Crippen LogP contribution in [0.1, 0.15) is 43.1 Å². The van der Waals surface area contributed by atoms with Gasteiger partial charge in [0.2, 0.25) is 5.91 Å². The average molecular weight is 403 g/mol. The zero-order chi connectivity index (χ0) is 19.9. The van der Waals surface area contributed by atoms with E-state index >= 15 is 0 Å². The Morgan fingerprint density at radius 3 is 2.79 bits per heavy atom. The van der Waals surface area contributed by atoms with E-state index in [2.05, 4.69) is 15.6 Å². The highest BCUT2D eigenvalue weighted by molar-refractivity contribution is 7.14. The Morgan fingerprint density at radius 1 is 1.29 bits per heavy atom. The van der Waals surface area contributed by atoms with Gasteiger partial charge in [0.1, 0.15) is 17.5 Å². The number of carbonyl (C=O) groups is 2. The SMILES string of the molecule is CCCNC(=O)[C@H]1CCCCN1C(=O)c1csc(Nc2ccc(OC)cc2)n1. The van der Waals surface area contributed by atoms with E-state index in [1.165, 1.54) is 11.3 Å². The zero-order valence-corrected chi connectivity index (χ0v) is 17.1. The third-order valence-corrected chi connectivity index (χ3v) is 5.44. The minimum atomic E-state index is -0.410. The lowest BCUT2D eigenvalue weighted by Crippen LogP contribution is -2.52.